The number of benzene rings is 1. The van der Waals surface area contributed by atoms with Gasteiger partial charge >= 0.3 is 5.69 Å². The third-order valence-corrected chi connectivity index (χ3v) is 4.53. The van der Waals surface area contributed by atoms with Crippen LogP contribution in [0.1, 0.15) is 25.1 Å². The Morgan fingerprint density at radius 1 is 1.39 bits per heavy atom. The predicted octanol–water partition coefficient (Wildman–Crippen LogP) is 2.44. The largest absolute Gasteiger partial charge is 0.476 e. The van der Waals surface area contributed by atoms with Crippen LogP contribution in [-0.2, 0) is 16.1 Å². The molecule has 0 radical (unpaired) electrons. The smallest absolute Gasteiger partial charge is 0.353 e. The molecule has 1 fully saturated rings. The van der Waals surface area contributed by atoms with E-state index < -0.39 is 35.8 Å². The van der Waals surface area contributed by atoms with Crippen molar-refractivity contribution < 1.29 is 28.1 Å². The topological polar surface area (TPSA) is 82.8 Å². The summed E-state index contributed by atoms with van der Waals surface area (Å²) in [5, 5.41) is 9.80. The lowest BCUT2D eigenvalue weighted by atomic mass is 10.1. The minimum atomic E-state index is -0.887. The molecular formula is C18H19ClF2N2O5. The average Bonchev–Trinajstić information content (AvgIpc) is 3.07. The number of hydrogen-bond donors (Lipinski definition) is 1. The highest BCUT2D eigenvalue weighted by Crippen LogP contribution is 2.31. The van der Waals surface area contributed by atoms with E-state index in [1.165, 1.54) is 18.2 Å². The Morgan fingerprint density at radius 3 is 2.86 bits per heavy atom. The zero-order chi connectivity index (χ0) is 20.3. The molecule has 1 saturated heterocycles. The number of halogens is 3. The van der Waals surface area contributed by atoms with Gasteiger partial charge in [0.1, 0.15) is 18.1 Å². The predicted molar refractivity (Wildman–Crippen MR) is 95.2 cm³/mol. The minimum absolute atomic E-state index is 0.0783. The average molecular weight is 417 g/mol. The van der Waals surface area contributed by atoms with E-state index in [9.17, 15) is 18.7 Å². The molecule has 3 atom stereocenters. The van der Waals surface area contributed by atoms with E-state index >= 15 is 0 Å². The highest BCUT2D eigenvalue weighted by molar-refractivity contribution is 6.30. The molecule has 1 aromatic heterocycles. The van der Waals surface area contributed by atoms with Crippen LogP contribution < -0.4 is 10.4 Å². The number of nitrogens with zero attached hydrogens (tertiary/aromatic N) is 2. The fraction of sp³-hybridized carbons (Fsp3) is 0.444. The van der Waals surface area contributed by atoms with Gasteiger partial charge in [-0.15, -0.1) is 0 Å². The van der Waals surface area contributed by atoms with Crippen molar-refractivity contribution in [2.75, 3.05) is 13.2 Å². The fourth-order valence-electron chi connectivity index (χ4n) is 2.92. The molecule has 1 aliphatic rings. The van der Waals surface area contributed by atoms with Crippen molar-refractivity contribution in [3.05, 3.63) is 57.1 Å². The normalized spacial score (nSPS) is 21.8. The van der Waals surface area contributed by atoms with E-state index in [2.05, 4.69) is 4.98 Å². The second-order valence-corrected chi connectivity index (χ2v) is 6.59. The van der Waals surface area contributed by atoms with E-state index in [0.717, 1.165) is 10.8 Å². The van der Waals surface area contributed by atoms with Crippen molar-refractivity contribution in [1.82, 2.24) is 9.55 Å². The Labute approximate surface area is 164 Å². The molecule has 152 valence electrons. The molecule has 0 bridgehead atoms. The number of aromatic nitrogens is 2. The van der Waals surface area contributed by atoms with E-state index in [4.69, 9.17) is 25.8 Å². The summed E-state index contributed by atoms with van der Waals surface area (Å²) in [4.78, 5) is 15.7. The standard InChI is InChI=1S/C18H19ClF2N2O5/c1-2-26-17-13(21)7-23(18(25)22-17)16-6-14(15(8-24)28-16)27-9-10-3-4-11(19)5-12(10)20/h3-5,7,14-16,24H,2,6,8-9H2,1H3/t14-,15+,16+/m0/s1. The molecule has 1 N–H and O–H groups in total. The second-order valence-electron chi connectivity index (χ2n) is 6.15. The number of ether oxygens (including phenoxy) is 3. The zero-order valence-electron chi connectivity index (χ0n) is 15.0. The van der Waals surface area contributed by atoms with Gasteiger partial charge in [0.25, 0.3) is 5.88 Å². The van der Waals surface area contributed by atoms with E-state index in [1.807, 2.05) is 0 Å². The summed E-state index contributed by atoms with van der Waals surface area (Å²) >= 11 is 5.72. The van der Waals surface area contributed by atoms with Gasteiger partial charge in [-0.3, -0.25) is 4.57 Å². The van der Waals surface area contributed by atoms with Gasteiger partial charge < -0.3 is 19.3 Å². The molecule has 0 amide bonds. The first kappa shape index (κ1) is 20.7. The third-order valence-electron chi connectivity index (χ3n) is 4.29. The zero-order valence-corrected chi connectivity index (χ0v) is 15.7. The molecule has 3 rings (SSSR count). The van der Waals surface area contributed by atoms with Crippen molar-refractivity contribution in [3.63, 3.8) is 0 Å². The lowest BCUT2D eigenvalue weighted by molar-refractivity contribution is -0.0662. The molecule has 0 saturated carbocycles. The maximum Gasteiger partial charge on any atom is 0.353 e. The summed E-state index contributed by atoms with van der Waals surface area (Å²) in [6, 6.07) is 4.20. The molecule has 2 aromatic rings. The lowest BCUT2D eigenvalue weighted by Crippen LogP contribution is -2.29. The van der Waals surface area contributed by atoms with Crippen LogP contribution in [0.15, 0.2) is 29.2 Å². The van der Waals surface area contributed by atoms with Crippen molar-refractivity contribution in [1.29, 1.82) is 0 Å². The molecule has 1 aromatic carbocycles. The van der Waals surface area contributed by atoms with Gasteiger partial charge in [0.05, 0.1) is 32.1 Å². The Balaban J connectivity index is 1.73. The SMILES string of the molecule is CCOc1nc(=O)n([C@H]2C[C@H](OCc3ccc(Cl)cc3F)[C@@H](CO)O2)cc1F. The van der Waals surface area contributed by atoms with Crippen LogP contribution in [0.2, 0.25) is 5.02 Å². The van der Waals surface area contributed by atoms with Crippen LogP contribution in [0.4, 0.5) is 8.78 Å². The summed E-state index contributed by atoms with van der Waals surface area (Å²) in [6.45, 7) is 1.35. The number of aliphatic hydroxyl groups is 1. The number of rotatable bonds is 7. The molecular weight excluding hydrogens is 398 g/mol. The van der Waals surface area contributed by atoms with E-state index in [1.54, 1.807) is 6.92 Å². The van der Waals surface area contributed by atoms with Gasteiger partial charge in [0.2, 0.25) is 5.82 Å². The molecule has 1 aliphatic heterocycles. The Kier molecular flexibility index (Phi) is 6.61. The molecule has 10 heteroatoms. The first-order valence-corrected chi connectivity index (χ1v) is 9.04. The van der Waals surface area contributed by atoms with Gasteiger partial charge in [0.15, 0.2) is 0 Å². The summed E-state index contributed by atoms with van der Waals surface area (Å²) in [5.74, 6) is -1.71. The van der Waals surface area contributed by atoms with E-state index in [0.29, 0.717) is 0 Å². The van der Waals surface area contributed by atoms with Crippen molar-refractivity contribution in [2.24, 2.45) is 0 Å². The number of hydrogen-bond acceptors (Lipinski definition) is 6. The summed E-state index contributed by atoms with van der Waals surface area (Å²) in [5.41, 5.74) is -0.466. The summed E-state index contributed by atoms with van der Waals surface area (Å²) in [6.07, 6.45) is -1.19. The maximum atomic E-state index is 14.1. The molecule has 0 spiro atoms. The number of aliphatic hydroxyl groups excluding tert-OH is 1. The van der Waals surface area contributed by atoms with Gasteiger partial charge in [-0.2, -0.15) is 9.37 Å². The van der Waals surface area contributed by atoms with Crippen LogP contribution in [-0.4, -0.2) is 40.1 Å². The van der Waals surface area contributed by atoms with Crippen molar-refractivity contribution >= 4 is 11.6 Å². The molecule has 28 heavy (non-hydrogen) atoms. The highest BCUT2D eigenvalue weighted by atomic mass is 35.5. The quantitative estimate of drug-likeness (QED) is 0.746. The maximum absolute atomic E-state index is 14.1. The summed E-state index contributed by atoms with van der Waals surface area (Å²) < 4.78 is 45.2. The first-order valence-electron chi connectivity index (χ1n) is 8.66. The molecule has 7 nitrogen and oxygen atoms in total. The van der Waals surface area contributed by atoms with Crippen molar-refractivity contribution in [2.45, 2.75) is 38.4 Å². The third kappa shape index (κ3) is 4.49. The molecule has 0 aliphatic carbocycles. The molecule has 0 unspecified atom stereocenters. The van der Waals surface area contributed by atoms with Crippen LogP contribution in [0.5, 0.6) is 5.88 Å². The van der Waals surface area contributed by atoms with Crippen LogP contribution in [0.25, 0.3) is 0 Å². The summed E-state index contributed by atoms with van der Waals surface area (Å²) in [7, 11) is 0. The van der Waals surface area contributed by atoms with Gasteiger partial charge in [-0.25, -0.2) is 9.18 Å². The Morgan fingerprint density at radius 2 is 2.18 bits per heavy atom. The van der Waals surface area contributed by atoms with Crippen molar-refractivity contribution in [3.8, 4) is 5.88 Å². The van der Waals surface area contributed by atoms with E-state index in [-0.39, 0.29) is 42.7 Å². The van der Waals surface area contributed by atoms with Gasteiger partial charge in [-0.05, 0) is 19.1 Å². The lowest BCUT2D eigenvalue weighted by Gasteiger charge is -2.17. The first-order chi connectivity index (χ1) is 13.4. The second kappa shape index (κ2) is 8.95. The fourth-order valence-corrected chi connectivity index (χ4v) is 3.08. The minimum Gasteiger partial charge on any atom is -0.476 e. The monoisotopic (exact) mass is 416 g/mol. The Hall–Kier alpha value is -2.07. The van der Waals surface area contributed by atoms with Crippen LogP contribution >= 0.6 is 11.6 Å². The van der Waals surface area contributed by atoms with Crippen LogP contribution in [0.3, 0.4) is 0 Å². The van der Waals surface area contributed by atoms with Crippen LogP contribution in [0, 0.1) is 11.6 Å². The highest BCUT2D eigenvalue weighted by Gasteiger charge is 2.37. The van der Waals surface area contributed by atoms with Gasteiger partial charge in [-0.1, -0.05) is 17.7 Å². The Bertz CT molecular complexity index is 895. The van der Waals surface area contributed by atoms with Gasteiger partial charge in [0, 0.05) is 17.0 Å². The molecule has 2 heterocycles.